The summed E-state index contributed by atoms with van der Waals surface area (Å²) in [7, 11) is 0. The van der Waals surface area contributed by atoms with Gasteiger partial charge in [-0.3, -0.25) is 9.59 Å². The highest BCUT2D eigenvalue weighted by Crippen LogP contribution is 2.32. The number of hydrogen-bond acceptors (Lipinski definition) is 3. The van der Waals surface area contributed by atoms with Crippen molar-refractivity contribution in [1.29, 1.82) is 0 Å². The Morgan fingerprint density at radius 3 is 2.54 bits per heavy atom. The molecule has 2 aromatic rings. The molecule has 0 aliphatic carbocycles. The van der Waals surface area contributed by atoms with Gasteiger partial charge in [0, 0.05) is 43.4 Å². The van der Waals surface area contributed by atoms with Crippen LogP contribution in [0.1, 0.15) is 24.1 Å². The van der Waals surface area contributed by atoms with Gasteiger partial charge in [0.1, 0.15) is 6.04 Å². The number of rotatable bonds is 3. The SMILES string of the molecule is CCN1C(=O)Cc2ccccc2[C@@H]1C(=O)N1CCN(c2cccc(Cl)c2)CC1. The van der Waals surface area contributed by atoms with Crippen LogP contribution in [0.2, 0.25) is 5.02 Å². The molecule has 2 aliphatic heterocycles. The smallest absolute Gasteiger partial charge is 0.250 e. The van der Waals surface area contributed by atoms with Gasteiger partial charge in [0.2, 0.25) is 11.8 Å². The van der Waals surface area contributed by atoms with E-state index >= 15 is 0 Å². The summed E-state index contributed by atoms with van der Waals surface area (Å²) in [6, 6.07) is 15.1. The first-order chi connectivity index (χ1) is 13.6. The molecular weight excluding hydrogens is 374 g/mol. The lowest BCUT2D eigenvalue weighted by Gasteiger charge is -2.41. The van der Waals surface area contributed by atoms with Gasteiger partial charge in [-0.1, -0.05) is 41.9 Å². The Kier molecular flexibility index (Phi) is 5.27. The topological polar surface area (TPSA) is 43.9 Å². The summed E-state index contributed by atoms with van der Waals surface area (Å²) >= 11 is 6.11. The van der Waals surface area contributed by atoms with Gasteiger partial charge < -0.3 is 14.7 Å². The van der Waals surface area contributed by atoms with Gasteiger partial charge in [-0.25, -0.2) is 0 Å². The molecule has 4 rings (SSSR count). The molecule has 2 amide bonds. The minimum Gasteiger partial charge on any atom is -0.368 e. The van der Waals surface area contributed by atoms with Crippen LogP contribution in [-0.2, 0) is 16.0 Å². The molecule has 0 N–H and O–H groups in total. The summed E-state index contributed by atoms with van der Waals surface area (Å²) in [5, 5.41) is 0.715. The monoisotopic (exact) mass is 397 g/mol. The molecule has 2 aliphatic rings. The minimum atomic E-state index is -0.514. The number of anilines is 1. The fourth-order valence-corrected chi connectivity index (χ4v) is 4.38. The van der Waals surface area contributed by atoms with E-state index in [2.05, 4.69) is 4.90 Å². The van der Waals surface area contributed by atoms with Gasteiger partial charge in [0.15, 0.2) is 0 Å². The fraction of sp³-hybridized carbons (Fsp3) is 0.364. The molecule has 5 nitrogen and oxygen atoms in total. The van der Waals surface area contributed by atoms with Gasteiger partial charge in [0.25, 0.3) is 0 Å². The van der Waals surface area contributed by atoms with Crippen LogP contribution in [-0.4, -0.2) is 54.3 Å². The van der Waals surface area contributed by atoms with Crippen LogP contribution in [0, 0.1) is 0 Å². The first kappa shape index (κ1) is 18.8. The van der Waals surface area contributed by atoms with Crippen molar-refractivity contribution in [1.82, 2.24) is 9.80 Å². The Morgan fingerprint density at radius 2 is 1.82 bits per heavy atom. The summed E-state index contributed by atoms with van der Waals surface area (Å²) in [6.07, 6.45) is 0.371. The van der Waals surface area contributed by atoms with E-state index in [0.717, 1.165) is 29.9 Å². The number of carbonyl (C=O) groups is 2. The molecule has 146 valence electrons. The standard InChI is InChI=1S/C22H24ClN3O2/c1-2-26-20(27)14-16-6-3-4-9-19(16)21(26)22(28)25-12-10-24(11-13-25)18-8-5-7-17(23)15-18/h3-9,15,21H,2,10-14H2,1H3/t21-/m1/s1. The van der Waals surface area contributed by atoms with Crippen molar-refractivity contribution in [2.45, 2.75) is 19.4 Å². The van der Waals surface area contributed by atoms with Gasteiger partial charge in [0.05, 0.1) is 6.42 Å². The molecule has 0 unspecified atom stereocenters. The number of benzene rings is 2. The molecule has 2 heterocycles. The molecule has 0 saturated carbocycles. The molecule has 1 saturated heterocycles. The maximum atomic E-state index is 13.4. The molecule has 28 heavy (non-hydrogen) atoms. The van der Waals surface area contributed by atoms with Crippen LogP contribution in [0.5, 0.6) is 0 Å². The Bertz CT molecular complexity index is 893. The number of likely N-dealkylation sites (N-methyl/N-ethyl adjacent to an activating group) is 1. The Hall–Kier alpha value is -2.53. The van der Waals surface area contributed by atoms with Crippen LogP contribution in [0.3, 0.4) is 0 Å². The summed E-state index contributed by atoms with van der Waals surface area (Å²) in [5.41, 5.74) is 3.01. The molecule has 6 heteroatoms. The third-order valence-electron chi connectivity index (χ3n) is 5.66. The summed E-state index contributed by atoms with van der Waals surface area (Å²) in [5.74, 6) is 0.0465. The van der Waals surface area contributed by atoms with E-state index < -0.39 is 6.04 Å². The third-order valence-corrected chi connectivity index (χ3v) is 5.90. The second kappa shape index (κ2) is 7.84. The van der Waals surface area contributed by atoms with Crippen molar-refractivity contribution in [2.75, 3.05) is 37.6 Å². The summed E-state index contributed by atoms with van der Waals surface area (Å²) in [6.45, 7) is 5.24. The lowest BCUT2D eigenvalue weighted by Crippen LogP contribution is -2.54. The maximum absolute atomic E-state index is 13.4. The highest BCUT2D eigenvalue weighted by atomic mass is 35.5. The second-order valence-electron chi connectivity index (χ2n) is 7.25. The lowest BCUT2D eigenvalue weighted by molar-refractivity contribution is -0.147. The number of piperazine rings is 1. The van der Waals surface area contributed by atoms with Crippen molar-refractivity contribution in [3.05, 3.63) is 64.7 Å². The predicted molar refractivity (Wildman–Crippen MR) is 111 cm³/mol. The fourth-order valence-electron chi connectivity index (χ4n) is 4.19. The van der Waals surface area contributed by atoms with Crippen molar-refractivity contribution in [3.63, 3.8) is 0 Å². The van der Waals surface area contributed by atoms with Crippen molar-refractivity contribution >= 4 is 29.1 Å². The summed E-state index contributed by atoms with van der Waals surface area (Å²) < 4.78 is 0. The molecule has 0 spiro atoms. The first-order valence-corrected chi connectivity index (χ1v) is 10.1. The van der Waals surface area contributed by atoms with Crippen molar-refractivity contribution in [3.8, 4) is 0 Å². The van der Waals surface area contributed by atoms with Crippen molar-refractivity contribution in [2.24, 2.45) is 0 Å². The van der Waals surface area contributed by atoms with E-state index in [-0.39, 0.29) is 11.8 Å². The normalized spacial score (nSPS) is 19.6. The van der Waals surface area contributed by atoms with Crippen LogP contribution in [0.15, 0.2) is 48.5 Å². The minimum absolute atomic E-state index is 0.0214. The van der Waals surface area contributed by atoms with Crippen LogP contribution >= 0.6 is 11.6 Å². The Balaban J connectivity index is 1.52. The van der Waals surface area contributed by atoms with Gasteiger partial charge >= 0.3 is 0 Å². The predicted octanol–water partition coefficient (Wildman–Crippen LogP) is 3.13. The average molecular weight is 398 g/mol. The van der Waals surface area contributed by atoms with Crippen LogP contribution < -0.4 is 4.90 Å². The number of nitrogens with zero attached hydrogens (tertiary/aromatic N) is 3. The molecule has 1 fully saturated rings. The number of halogens is 1. The molecule has 2 aromatic carbocycles. The number of amides is 2. The highest BCUT2D eigenvalue weighted by molar-refractivity contribution is 6.30. The molecule has 0 radical (unpaired) electrons. The molecule has 0 bridgehead atoms. The average Bonchev–Trinajstić information content (AvgIpc) is 2.72. The Morgan fingerprint density at radius 1 is 1.07 bits per heavy atom. The van der Waals surface area contributed by atoms with E-state index in [4.69, 9.17) is 11.6 Å². The molecule has 1 atom stereocenters. The third kappa shape index (κ3) is 3.47. The lowest BCUT2D eigenvalue weighted by atomic mass is 9.91. The maximum Gasteiger partial charge on any atom is 0.250 e. The quantitative estimate of drug-likeness (QED) is 0.799. The number of fused-ring (bicyclic) bond motifs is 1. The molecule has 0 aromatic heterocycles. The molecular formula is C22H24ClN3O2. The Labute approximate surface area is 170 Å². The summed E-state index contributed by atoms with van der Waals surface area (Å²) in [4.78, 5) is 31.9. The van der Waals surface area contributed by atoms with Crippen molar-refractivity contribution < 1.29 is 9.59 Å². The zero-order valence-electron chi connectivity index (χ0n) is 16.0. The van der Waals surface area contributed by atoms with E-state index in [0.29, 0.717) is 31.1 Å². The second-order valence-corrected chi connectivity index (χ2v) is 7.69. The highest BCUT2D eigenvalue weighted by Gasteiger charge is 2.39. The zero-order valence-corrected chi connectivity index (χ0v) is 16.7. The van der Waals surface area contributed by atoms with E-state index in [9.17, 15) is 9.59 Å². The number of hydrogen-bond donors (Lipinski definition) is 0. The van der Waals surface area contributed by atoms with Gasteiger partial charge in [-0.05, 0) is 36.2 Å². The van der Waals surface area contributed by atoms with Gasteiger partial charge in [-0.2, -0.15) is 0 Å². The van der Waals surface area contributed by atoms with E-state index in [1.165, 1.54) is 0 Å². The van der Waals surface area contributed by atoms with Crippen LogP contribution in [0.4, 0.5) is 5.69 Å². The first-order valence-electron chi connectivity index (χ1n) is 9.75. The van der Waals surface area contributed by atoms with E-state index in [1.54, 1.807) is 4.90 Å². The van der Waals surface area contributed by atoms with Crippen LogP contribution in [0.25, 0.3) is 0 Å². The van der Waals surface area contributed by atoms with Gasteiger partial charge in [-0.15, -0.1) is 0 Å². The largest absolute Gasteiger partial charge is 0.368 e. The zero-order chi connectivity index (χ0) is 19.7. The number of carbonyl (C=O) groups excluding carboxylic acids is 2. The van der Waals surface area contributed by atoms with E-state index in [1.807, 2.05) is 60.4 Å².